The molecular formula is C18H29N3O3. The number of nitrogens with two attached hydrogens (primary N) is 1. The van der Waals surface area contributed by atoms with Crippen LogP contribution >= 0.6 is 0 Å². The van der Waals surface area contributed by atoms with E-state index >= 15 is 0 Å². The van der Waals surface area contributed by atoms with Crippen molar-refractivity contribution in [3.8, 4) is 0 Å². The number of hydrogen-bond acceptors (Lipinski definition) is 6. The molecule has 6 heteroatoms. The molecule has 0 aromatic heterocycles. The molecule has 0 fully saturated rings. The van der Waals surface area contributed by atoms with Crippen LogP contribution in [0.5, 0.6) is 0 Å². The van der Waals surface area contributed by atoms with Gasteiger partial charge in [-0.1, -0.05) is 6.07 Å². The second-order valence-electron chi connectivity index (χ2n) is 7.42. The van der Waals surface area contributed by atoms with Crippen LogP contribution in [0.25, 0.3) is 0 Å². The lowest BCUT2D eigenvalue weighted by atomic mass is 9.97. The SMILES string of the molecule is CC(C)(C)C(=O)OCCCCC1(CO)Nc2ccc(CN)cc2N1. The van der Waals surface area contributed by atoms with Crippen molar-refractivity contribution in [3.63, 3.8) is 0 Å². The lowest BCUT2D eigenvalue weighted by molar-refractivity contribution is -0.153. The van der Waals surface area contributed by atoms with Crippen LogP contribution in [-0.4, -0.2) is 30.0 Å². The van der Waals surface area contributed by atoms with E-state index in [1.54, 1.807) is 0 Å². The van der Waals surface area contributed by atoms with Gasteiger partial charge in [0.15, 0.2) is 0 Å². The van der Waals surface area contributed by atoms with Gasteiger partial charge in [0.1, 0.15) is 5.66 Å². The first-order chi connectivity index (χ1) is 11.3. The molecule has 0 spiro atoms. The second kappa shape index (κ2) is 7.40. The summed E-state index contributed by atoms with van der Waals surface area (Å²) in [7, 11) is 0. The molecule has 0 radical (unpaired) electrons. The fourth-order valence-corrected chi connectivity index (χ4v) is 2.67. The largest absolute Gasteiger partial charge is 0.465 e. The molecule has 1 unspecified atom stereocenters. The average molecular weight is 335 g/mol. The molecule has 0 amide bonds. The third-order valence-electron chi connectivity index (χ3n) is 4.18. The van der Waals surface area contributed by atoms with Crippen LogP contribution in [0.4, 0.5) is 11.4 Å². The third-order valence-corrected chi connectivity index (χ3v) is 4.18. The Morgan fingerprint density at radius 2 is 1.96 bits per heavy atom. The van der Waals surface area contributed by atoms with Crippen molar-refractivity contribution >= 4 is 17.3 Å². The van der Waals surface area contributed by atoms with Crippen molar-refractivity contribution < 1.29 is 14.6 Å². The minimum absolute atomic E-state index is 0.0264. The summed E-state index contributed by atoms with van der Waals surface area (Å²) in [5, 5.41) is 16.6. The number of esters is 1. The van der Waals surface area contributed by atoms with E-state index in [0.717, 1.165) is 36.2 Å². The van der Waals surface area contributed by atoms with E-state index < -0.39 is 11.1 Å². The lowest BCUT2D eigenvalue weighted by Crippen LogP contribution is -2.45. The zero-order chi connectivity index (χ0) is 17.8. The summed E-state index contributed by atoms with van der Waals surface area (Å²) in [6.45, 7) is 6.39. The molecular weight excluding hydrogens is 306 g/mol. The molecule has 1 aromatic carbocycles. The van der Waals surface area contributed by atoms with E-state index in [2.05, 4.69) is 10.6 Å². The Kier molecular flexibility index (Phi) is 5.72. The zero-order valence-corrected chi connectivity index (χ0v) is 14.8. The quantitative estimate of drug-likeness (QED) is 0.451. The molecule has 1 aromatic rings. The van der Waals surface area contributed by atoms with E-state index in [4.69, 9.17) is 10.5 Å². The molecule has 0 bridgehead atoms. The molecule has 0 aliphatic carbocycles. The number of nitrogens with one attached hydrogen (secondary N) is 2. The molecule has 134 valence electrons. The Morgan fingerprint density at radius 1 is 1.25 bits per heavy atom. The molecule has 5 N–H and O–H groups in total. The highest BCUT2D eigenvalue weighted by Crippen LogP contribution is 2.36. The number of carbonyl (C=O) groups excluding carboxylic acids is 1. The number of benzene rings is 1. The van der Waals surface area contributed by atoms with Gasteiger partial charge in [-0.15, -0.1) is 0 Å². The van der Waals surface area contributed by atoms with Crippen LogP contribution in [0, 0.1) is 5.41 Å². The number of ether oxygens (including phenoxy) is 1. The maximum Gasteiger partial charge on any atom is 0.311 e. The van der Waals surface area contributed by atoms with Crippen LogP contribution in [0.3, 0.4) is 0 Å². The monoisotopic (exact) mass is 335 g/mol. The number of unbranched alkanes of at least 4 members (excludes halogenated alkanes) is 1. The fraction of sp³-hybridized carbons (Fsp3) is 0.611. The van der Waals surface area contributed by atoms with Crippen molar-refractivity contribution in [2.75, 3.05) is 23.8 Å². The highest BCUT2D eigenvalue weighted by atomic mass is 16.5. The van der Waals surface area contributed by atoms with Crippen LogP contribution in [-0.2, 0) is 16.1 Å². The van der Waals surface area contributed by atoms with E-state index in [0.29, 0.717) is 13.2 Å². The Morgan fingerprint density at radius 3 is 2.58 bits per heavy atom. The number of rotatable bonds is 7. The Hall–Kier alpha value is -1.79. The highest BCUT2D eigenvalue weighted by Gasteiger charge is 2.35. The van der Waals surface area contributed by atoms with Gasteiger partial charge in [0, 0.05) is 6.54 Å². The zero-order valence-electron chi connectivity index (χ0n) is 14.8. The predicted octanol–water partition coefficient (Wildman–Crippen LogP) is 2.43. The molecule has 1 heterocycles. The number of hydrogen-bond donors (Lipinski definition) is 4. The first kappa shape index (κ1) is 18.5. The van der Waals surface area contributed by atoms with Crippen molar-refractivity contribution in [1.82, 2.24) is 0 Å². The summed E-state index contributed by atoms with van der Waals surface area (Å²) >= 11 is 0. The van der Waals surface area contributed by atoms with Crippen LogP contribution < -0.4 is 16.4 Å². The topological polar surface area (TPSA) is 96.6 Å². The van der Waals surface area contributed by atoms with Crippen molar-refractivity contribution in [3.05, 3.63) is 23.8 Å². The van der Waals surface area contributed by atoms with Crippen molar-refractivity contribution in [1.29, 1.82) is 0 Å². The number of anilines is 2. The van der Waals surface area contributed by atoms with E-state index in [1.165, 1.54) is 0 Å². The Balaban J connectivity index is 1.82. The average Bonchev–Trinajstić information content (AvgIpc) is 2.91. The molecule has 1 aliphatic rings. The van der Waals surface area contributed by atoms with E-state index in [1.807, 2.05) is 39.0 Å². The predicted molar refractivity (Wildman–Crippen MR) is 95.7 cm³/mol. The van der Waals surface area contributed by atoms with Crippen LogP contribution in [0.1, 0.15) is 45.6 Å². The van der Waals surface area contributed by atoms with Gasteiger partial charge in [0.05, 0.1) is 30.0 Å². The first-order valence-corrected chi connectivity index (χ1v) is 8.47. The summed E-state index contributed by atoms with van der Waals surface area (Å²) in [5.41, 5.74) is 7.62. The smallest absolute Gasteiger partial charge is 0.311 e. The molecule has 0 saturated carbocycles. The summed E-state index contributed by atoms with van der Waals surface area (Å²) < 4.78 is 5.27. The number of fused-ring (bicyclic) bond motifs is 1. The first-order valence-electron chi connectivity index (χ1n) is 8.47. The van der Waals surface area contributed by atoms with Gasteiger partial charge in [0.25, 0.3) is 0 Å². The van der Waals surface area contributed by atoms with Crippen LogP contribution in [0.15, 0.2) is 18.2 Å². The van der Waals surface area contributed by atoms with Gasteiger partial charge in [-0.2, -0.15) is 0 Å². The van der Waals surface area contributed by atoms with Gasteiger partial charge in [-0.3, -0.25) is 4.79 Å². The van der Waals surface area contributed by atoms with Gasteiger partial charge < -0.3 is 26.2 Å². The molecule has 24 heavy (non-hydrogen) atoms. The van der Waals surface area contributed by atoms with Gasteiger partial charge in [-0.25, -0.2) is 0 Å². The number of aliphatic hydroxyl groups is 1. The van der Waals surface area contributed by atoms with Crippen molar-refractivity contribution in [2.45, 2.75) is 52.2 Å². The minimum Gasteiger partial charge on any atom is -0.465 e. The molecule has 2 rings (SSSR count). The van der Waals surface area contributed by atoms with Gasteiger partial charge in [0.2, 0.25) is 0 Å². The van der Waals surface area contributed by atoms with Gasteiger partial charge >= 0.3 is 5.97 Å². The maximum absolute atomic E-state index is 11.7. The normalized spacial score (nSPS) is 19.4. The Bertz CT molecular complexity index is 583. The lowest BCUT2D eigenvalue weighted by Gasteiger charge is -2.28. The minimum atomic E-state index is -0.566. The van der Waals surface area contributed by atoms with Crippen LogP contribution in [0.2, 0.25) is 0 Å². The van der Waals surface area contributed by atoms with E-state index in [-0.39, 0.29) is 12.6 Å². The van der Waals surface area contributed by atoms with Crippen molar-refractivity contribution in [2.24, 2.45) is 11.1 Å². The molecule has 6 nitrogen and oxygen atoms in total. The molecule has 1 atom stereocenters. The highest BCUT2D eigenvalue weighted by molar-refractivity contribution is 5.77. The second-order valence-corrected chi connectivity index (χ2v) is 7.42. The Labute approximate surface area is 143 Å². The molecule has 0 saturated heterocycles. The standard InChI is InChI=1S/C18H29N3O3/c1-17(2,3)16(23)24-9-5-4-8-18(12-22)20-14-7-6-13(11-19)10-15(14)21-18/h6-7,10,20-22H,4-5,8-9,11-12,19H2,1-3H3. The van der Waals surface area contributed by atoms with Gasteiger partial charge in [-0.05, 0) is 57.7 Å². The fourth-order valence-electron chi connectivity index (χ4n) is 2.67. The third kappa shape index (κ3) is 4.39. The summed E-state index contributed by atoms with van der Waals surface area (Å²) in [6.07, 6.45) is 2.32. The summed E-state index contributed by atoms with van der Waals surface area (Å²) in [4.78, 5) is 11.7. The summed E-state index contributed by atoms with van der Waals surface area (Å²) in [5.74, 6) is -0.182. The van der Waals surface area contributed by atoms with E-state index in [9.17, 15) is 9.90 Å². The number of aliphatic hydroxyl groups excluding tert-OH is 1. The summed E-state index contributed by atoms with van der Waals surface area (Å²) in [6, 6.07) is 5.96. The molecule has 1 aliphatic heterocycles. The maximum atomic E-state index is 11.7. The number of carbonyl (C=O) groups is 1.